The SMILES string of the molecule is CCOC(=O)[C@H](C)NP(=O)(CCN(CC)S(=O)(=O)c1ccc([N+](=O)[O-])cc1[N+](=O)[O-])OCC(F)(F)F. The topological polar surface area (TPSA) is 188 Å². The number of nitrogens with zero attached hydrogens (tertiary/aromatic N) is 3. The number of esters is 1. The molecule has 1 unspecified atom stereocenters. The minimum absolute atomic E-state index is 0.0750. The summed E-state index contributed by atoms with van der Waals surface area (Å²) in [6.07, 6.45) is -5.76. The number of sulfonamides is 1. The van der Waals surface area contributed by atoms with Gasteiger partial charge < -0.3 is 9.26 Å². The fourth-order valence-electron chi connectivity index (χ4n) is 2.77. The molecule has 36 heavy (non-hydrogen) atoms. The summed E-state index contributed by atoms with van der Waals surface area (Å²) in [4.78, 5) is 31.1. The zero-order valence-corrected chi connectivity index (χ0v) is 21.0. The Bertz CT molecular complexity index is 1130. The number of non-ortho nitro benzene ring substituents is 1. The number of nitro groups is 2. The van der Waals surface area contributed by atoms with Crippen molar-refractivity contribution in [2.24, 2.45) is 0 Å². The van der Waals surface area contributed by atoms with Crippen LogP contribution >= 0.6 is 7.52 Å². The van der Waals surface area contributed by atoms with Gasteiger partial charge in [0.25, 0.3) is 18.9 Å². The Morgan fingerprint density at radius 1 is 1.22 bits per heavy atom. The standard InChI is InChI=1S/C17H24F3N4O10PS/c1-4-22(36(31,32)15-7-6-13(23(26)27)10-14(15)24(28)29)8-9-35(30,34-11-17(18,19)20)21-12(3)16(25)33-5-2/h6-7,10,12H,4-5,8-9,11H2,1-3H3,(H,21,30)/t12-,35?/m0/s1. The molecule has 19 heteroatoms. The first kappa shape index (κ1) is 31.4. The zero-order valence-electron chi connectivity index (χ0n) is 19.3. The molecule has 14 nitrogen and oxygen atoms in total. The van der Waals surface area contributed by atoms with E-state index in [0.717, 1.165) is 13.0 Å². The molecule has 1 N–H and O–H groups in total. The summed E-state index contributed by atoms with van der Waals surface area (Å²) < 4.78 is 87.1. The van der Waals surface area contributed by atoms with Crippen molar-refractivity contribution in [3.05, 3.63) is 38.4 Å². The summed E-state index contributed by atoms with van der Waals surface area (Å²) in [7, 11) is -9.27. The minimum atomic E-state index is -4.90. The summed E-state index contributed by atoms with van der Waals surface area (Å²) in [6, 6.07) is 0.440. The number of rotatable bonds is 14. The second kappa shape index (κ2) is 12.5. The van der Waals surface area contributed by atoms with Crippen molar-refractivity contribution < 1.29 is 50.1 Å². The van der Waals surface area contributed by atoms with E-state index in [-0.39, 0.29) is 13.2 Å². The molecule has 0 bridgehead atoms. The number of nitro benzene ring substituents is 2. The van der Waals surface area contributed by atoms with E-state index in [4.69, 9.17) is 4.74 Å². The third-order valence-corrected chi connectivity index (χ3v) is 8.57. The van der Waals surface area contributed by atoms with Crippen LogP contribution in [-0.4, -0.2) is 73.2 Å². The Morgan fingerprint density at radius 2 is 1.83 bits per heavy atom. The maximum absolute atomic E-state index is 13.1. The van der Waals surface area contributed by atoms with E-state index >= 15 is 0 Å². The van der Waals surface area contributed by atoms with Crippen LogP contribution in [0.4, 0.5) is 24.5 Å². The van der Waals surface area contributed by atoms with E-state index in [1.165, 1.54) is 13.8 Å². The minimum Gasteiger partial charge on any atom is -0.465 e. The molecule has 204 valence electrons. The summed E-state index contributed by atoms with van der Waals surface area (Å²) in [6.45, 7) is 0.745. The van der Waals surface area contributed by atoms with Crippen molar-refractivity contribution >= 4 is 34.9 Å². The fourth-order valence-corrected chi connectivity index (χ4v) is 6.38. The summed E-state index contributed by atoms with van der Waals surface area (Å²) in [5.41, 5.74) is -1.85. The van der Waals surface area contributed by atoms with E-state index in [1.807, 2.05) is 0 Å². The number of nitrogens with one attached hydrogen (secondary N) is 1. The van der Waals surface area contributed by atoms with E-state index in [9.17, 15) is 51.2 Å². The lowest BCUT2D eigenvalue weighted by molar-refractivity contribution is -0.396. The van der Waals surface area contributed by atoms with Gasteiger partial charge in [-0.2, -0.15) is 17.5 Å². The van der Waals surface area contributed by atoms with Crippen LogP contribution in [0.3, 0.4) is 0 Å². The molecule has 0 saturated carbocycles. The van der Waals surface area contributed by atoms with Gasteiger partial charge in [0.2, 0.25) is 10.0 Å². The molecule has 0 heterocycles. The van der Waals surface area contributed by atoms with Crippen LogP contribution in [0.15, 0.2) is 23.1 Å². The quantitative estimate of drug-likeness (QED) is 0.151. The van der Waals surface area contributed by atoms with Gasteiger partial charge in [0, 0.05) is 19.2 Å². The van der Waals surface area contributed by atoms with Gasteiger partial charge in [0.15, 0.2) is 11.5 Å². The monoisotopic (exact) mass is 564 g/mol. The Balaban J connectivity index is 3.30. The van der Waals surface area contributed by atoms with Gasteiger partial charge in [-0.05, 0) is 19.9 Å². The van der Waals surface area contributed by atoms with Gasteiger partial charge in [0.05, 0.1) is 28.7 Å². The number of hydrogen-bond donors (Lipinski definition) is 1. The third kappa shape index (κ3) is 8.77. The highest BCUT2D eigenvalue weighted by Gasteiger charge is 2.38. The maximum atomic E-state index is 13.1. The molecule has 1 aromatic carbocycles. The predicted octanol–water partition coefficient (Wildman–Crippen LogP) is 2.83. The molecule has 0 amide bonds. The first-order valence-corrected chi connectivity index (χ1v) is 13.4. The Morgan fingerprint density at radius 3 is 2.31 bits per heavy atom. The molecule has 0 saturated heterocycles. The number of alkyl halides is 3. The zero-order chi connectivity index (χ0) is 27.9. The van der Waals surface area contributed by atoms with Crippen molar-refractivity contribution in [1.29, 1.82) is 0 Å². The molecule has 1 rings (SSSR count). The lowest BCUT2D eigenvalue weighted by atomic mass is 10.3. The molecule has 1 aromatic rings. The van der Waals surface area contributed by atoms with E-state index in [0.29, 0.717) is 16.4 Å². The van der Waals surface area contributed by atoms with Gasteiger partial charge in [-0.15, -0.1) is 0 Å². The Kier molecular flexibility index (Phi) is 10.9. The van der Waals surface area contributed by atoms with E-state index < -0.39 is 81.2 Å². The first-order chi connectivity index (χ1) is 16.5. The largest absolute Gasteiger partial charge is 0.465 e. The van der Waals surface area contributed by atoms with Crippen LogP contribution in [0.25, 0.3) is 0 Å². The normalized spacial score (nSPS) is 14.8. The van der Waals surface area contributed by atoms with Crippen LogP contribution in [0, 0.1) is 20.2 Å². The molecular weight excluding hydrogens is 540 g/mol. The lowest BCUT2D eigenvalue weighted by Gasteiger charge is -2.26. The number of ether oxygens (including phenoxy) is 1. The number of halogens is 3. The third-order valence-electron chi connectivity index (χ3n) is 4.43. The second-order valence-electron chi connectivity index (χ2n) is 7.05. The molecule has 0 spiro atoms. The van der Waals surface area contributed by atoms with Crippen molar-refractivity contribution in [3.63, 3.8) is 0 Å². The molecule has 0 fully saturated rings. The van der Waals surface area contributed by atoms with Crippen molar-refractivity contribution in [2.45, 2.75) is 37.9 Å². The molecule has 0 aliphatic rings. The van der Waals surface area contributed by atoms with E-state index in [2.05, 4.69) is 9.61 Å². The fraction of sp³-hybridized carbons (Fsp3) is 0.588. The van der Waals surface area contributed by atoms with Gasteiger partial charge in [0.1, 0.15) is 6.04 Å². The molecule has 2 atom stereocenters. The number of carbonyl (C=O) groups is 1. The van der Waals surface area contributed by atoms with Gasteiger partial charge in [-0.25, -0.2) is 13.5 Å². The molecule has 0 aliphatic heterocycles. The van der Waals surface area contributed by atoms with Gasteiger partial charge >= 0.3 is 12.1 Å². The van der Waals surface area contributed by atoms with Crippen LogP contribution < -0.4 is 5.09 Å². The van der Waals surface area contributed by atoms with Gasteiger partial charge in [-0.3, -0.25) is 29.6 Å². The second-order valence-corrected chi connectivity index (χ2v) is 11.3. The first-order valence-electron chi connectivity index (χ1n) is 10.1. The van der Waals surface area contributed by atoms with Crippen LogP contribution in [-0.2, 0) is 28.6 Å². The highest BCUT2D eigenvalue weighted by atomic mass is 32.2. The average Bonchev–Trinajstić information content (AvgIpc) is 2.77. The van der Waals surface area contributed by atoms with Crippen molar-refractivity contribution in [1.82, 2.24) is 9.39 Å². The summed E-state index contributed by atoms with van der Waals surface area (Å²) >= 11 is 0. The highest BCUT2D eigenvalue weighted by Crippen LogP contribution is 2.44. The van der Waals surface area contributed by atoms with Crippen LogP contribution in [0.5, 0.6) is 0 Å². The smallest absolute Gasteiger partial charge is 0.412 e. The Hall–Kier alpha value is -2.66. The van der Waals surface area contributed by atoms with Crippen molar-refractivity contribution in [3.8, 4) is 0 Å². The number of carbonyl (C=O) groups excluding carboxylic acids is 1. The maximum Gasteiger partial charge on any atom is 0.412 e. The van der Waals surface area contributed by atoms with Crippen LogP contribution in [0.2, 0.25) is 0 Å². The highest BCUT2D eigenvalue weighted by molar-refractivity contribution is 7.89. The van der Waals surface area contributed by atoms with Crippen molar-refractivity contribution in [2.75, 3.05) is 32.5 Å². The lowest BCUT2D eigenvalue weighted by Crippen LogP contribution is -2.38. The molecule has 0 aromatic heterocycles. The average molecular weight is 564 g/mol. The number of hydrogen-bond acceptors (Lipinski definition) is 10. The van der Waals surface area contributed by atoms with Gasteiger partial charge in [-0.1, -0.05) is 6.92 Å². The summed E-state index contributed by atoms with van der Waals surface area (Å²) in [5.74, 6) is -0.949. The number of benzene rings is 1. The predicted molar refractivity (Wildman–Crippen MR) is 118 cm³/mol. The van der Waals surface area contributed by atoms with Crippen LogP contribution in [0.1, 0.15) is 20.8 Å². The molecule has 0 aliphatic carbocycles. The molecule has 0 radical (unpaired) electrons. The van der Waals surface area contributed by atoms with E-state index in [1.54, 1.807) is 0 Å². The molecular formula is C17H24F3N4O10PS. The Labute approximate surface area is 203 Å². The summed E-state index contributed by atoms with van der Waals surface area (Å²) in [5, 5.41) is 24.4.